The van der Waals surface area contributed by atoms with Crippen LogP contribution in [0.15, 0.2) is 59.6 Å². The van der Waals surface area contributed by atoms with E-state index in [1.54, 1.807) is 18.3 Å². The molecule has 1 N–H and O–H groups in total. The van der Waals surface area contributed by atoms with E-state index in [9.17, 15) is 9.50 Å². The van der Waals surface area contributed by atoms with Crippen molar-refractivity contribution in [1.29, 1.82) is 0 Å². The summed E-state index contributed by atoms with van der Waals surface area (Å²) in [5.74, 6) is -0.264. The summed E-state index contributed by atoms with van der Waals surface area (Å²) >= 11 is 0. The summed E-state index contributed by atoms with van der Waals surface area (Å²) in [4.78, 5) is 4.34. The summed E-state index contributed by atoms with van der Waals surface area (Å²) in [7, 11) is 0. The Labute approximate surface area is 112 Å². The summed E-state index contributed by atoms with van der Waals surface area (Å²) in [6.45, 7) is -0.00735. The third-order valence-electron chi connectivity index (χ3n) is 2.83. The van der Waals surface area contributed by atoms with Crippen LogP contribution < -0.4 is 0 Å². The Kier molecular flexibility index (Phi) is 4.81. The van der Waals surface area contributed by atoms with E-state index >= 15 is 0 Å². The lowest BCUT2D eigenvalue weighted by atomic mass is 10.1. The van der Waals surface area contributed by atoms with Gasteiger partial charge in [-0.1, -0.05) is 42.5 Å². The first-order valence-corrected chi connectivity index (χ1v) is 6.21. The normalized spacial score (nSPS) is 12.7. The molecule has 0 saturated heterocycles. The van der Waals surface area contributed by atoms with Crippen molar-refractivity contribution in [1.82, 2.24) is 0 Å². The average molecular weight is 257 g/mol. The molecular formula is C16H16FNO. The van der Waals surface area contributed by atoms with Crippen LogP contribution in [-0.2, 0) is 6.42 Å². The molecule has 2 aromatic rings. The number of halogens is 1. The lowest BCUT2D eigenvalue weighted by Crippen LogP contribution is -2.14. The molecule has 0 bridgehead atoms. The molecule has 3 heteroatoms. The molecule has 1 atom stereocenters. The lowest BCUT2D eigenvalue weighted by molar-refractivity contribution is 0.266. The molecule has 2 nitrogen and oxygen atoms in total. The number of aliphatic imine (C=N–C) groups is 1. The number of nitrogens with zero attached hydrogens (tertiary/aromatic N) is 1. The van der Waals surface area contributed by atoms with Gasteiger partial charge in [-0.05, 0) is 29.7 Å². The van der Waals surface area contributed by atoms with Gasteiger partial charge >= 0.3 is 0 Å². The summed E-state index contributed by atoms with van der Waals surface area (Å²) < 4.78 is 12.8. The van der Waals surface area contributed by atoms with E-state index in [-0.39, 0.29) is 18.5 Å². The monoisotopic (exact) mass is 257 g/mol. The Hall–Kier alpha value is -2.00. The average Bonchev–Trinajstić information content (AvgIpc) is 2.46. The molecule has 2 aromatic carbocycles. The molecule has 2 rings (SSSR count). The number of benzene rings is 2. The Morgan fingerprint density at radius 3 is 2.37 bits per heavy atom. The molecule has 0 fully saturated rings. The topological polar surface area (TPSA) is 32.6 Å². The number of aliphatic hydroxyl groups is 1. The van der Waals surface area contributed by atoms with E-state index in [1.807, 2.05) is 30.3 Å². The van der Waals surface area contributed by atoms with Gasteiger partial charge in [0.25, 0.3) is 0 Å². The third-order valence-corrected chi connectivity index (χ3v) is 2.83. The Morgan fingerprint density at radius 1 is 1.05 bits per heavy atom. The maximum atomic E-state index is 12.8. The molecule has 0 aliphatic heterocycles. The predicted octanol–water partition coefficient (Wildman–Crippen LogP) is 2.85. The zero-order valence-corrected chi connectivity index (χ0v) is 10.5. The van der Waals surface area contributed by atoms with Crippen molar-refractivity contribution in [3.05, 3.63) is 71.5 Å². The number of hydrogen-bond donors (Lipinski definition) is 1. The maximum absolute atomic E-state index is 12.8. The van der Waals surface area contributed by atoms with E-state index in [0.29, 0.717) is 6.42 Å². The lowest BCUT2D eigenvalue weighted by Gasteiger charge is -2.08. The third kappa shape index (κ3) is 4.30. The Morgan fingerprint density at radius 2 is 1.74 bits per heavy atom. The van der Waals surface area contributed by atoms with Crippen molar-refractivity contribution in [3.8, 4) is 0 Å². The van der Waals surface area contributed by atoms with Crippen LogP contribution in [-0.4, -0.2) is 24.0 Å². The standard InChI is InChI=1S/C16H16FNO/c17-15-8-6-14(7-9-15)11-18-16(12-19)10-13-4-2-1-3-5-13/h1-9,11,16,19H,10,12H2/t16-/m1/s1. The van der Waals surface area contributed by atoms with Gasteiger partial charge in [-0.2, -0.15) is 0 Å². The van der Waals surface area contributed by atoms with Gasteiger partial charge in [-0.3, -0.25) is 4.99 Å². The maximum Gasteiger partial charge on any atom is 0.123 e. The molecule has 0 heterocycles. The Balaban J connectivity index is 2.00. The fourth-order valence-corrected chi connectivity index (χ4v) is 1.79. The highest BCUT2D eigenvalue weighted by Gasteiger charge is 2.05. The first-order chi connectivity index (χ1) is 9.28. The second-order valence-corrected chi connectivity index (χ2v) is 4.36. The largest absolute Gasteiger partial charge is 0.394 e. The minimum absolute atomic E-state index is 0.00735. The van der Waals surface area contributed by atoms with Crippen LogP contribution in [0.2, 0.25) is 0 Å². The minimum Gasteiger partial charge on any atom is -0.394 e. The first-order valence-electron chi connectivity index (χ1n) is 6.21. The quantitative estimate of drug-likeness (QED) is 0.821. The van der Waals surface area contributed by atoms with Crippen LogP contribution in [0.1, 0.15) is 11.1 Å². The van der Waals surface area contributed by atoms with E-state index in [1.165, 1.54) is 12.1 Å². The molecule has 0 saturated carbocycles. The zero-order chi connectivity index (χ0) is 13.5. The zero-order valence-electron chi connectivity index (χ0n) is 10.5. The molecular weight excluding hydrogens is 241 g/mol. The van der Waals surface area contributed by atoms with Crippen molar-refractivity contribution in [2.75, 3.05) is 6.61 Å². The molecule has 0 amide bonds. The number of rotatable bonds is 5. The van der Waals surface area contributed by atoms with Gasteiger partial charge in [0.15, 0.2) is 0 Å². The van der Waals surface area contributed by atoms with Gasteiger partial charge in [0, 0.05) is 6.21 Å². The summed E-state index contributed by atoms with van der Waals surface area (Å²) in [6, 6.07) is 15.9. The summed E-state index contributed by atoms with van der Waals surface area (Å²) in [6.07, 6.45) is 2.36. The van der Waals surface area contributed by atoms with Crippen LogP contribution in [0, 0.1) is 5.82 Å². The van der Waals surface area contributed by atoms with Crippen molar-refractivity contribution in [3.63, 3.8) is 0 Å². The highest BCUT2D eigenvalue weighted by Crippen LogP contribution is 2.06. The van der Waals surface area contributed by atoms with E-state index in [2.05, 4.69) is 4.99 Å². The van der Waals surface area contributed by atoms with Crippen LogP contribution in [0.3, 0.4) is 0 Å². The van der Waals surface area contributed by atoms with Crippen molar-refractivity contribution in [2.45, 2.75) is 12.5 Å². The van der Waals surface area contributed by atoms with E-state index < -0.39 is 0 Å². The molecule has 0 aliphatic rings. The van der Waals surface area contributed by atoms with E-state index in [4.69, 9.17) is 0 Å². The van der Waals surface area contributed by atoms with Gasteiger partial charge < -0.3 is 5.11 Å². The van der Waals surface area contributed by atoms with Gasteiger partial charge in [0.1, 0.15) is 5.82 Å². The van der Waals surface area contributed by atoms with Crippen LogP contribution >= 0.6 is 0 Å². The van der Waals surface area contributed by atoms with Gasteiger partial charge in [-0.25, -0.2) is 4.39 Å². The minimum atomic E-state index is -0.264. The van der Waals surface area contributed by atoms with Gasteiger partial charge in [-0.15, -0.1) is 0 Å². The van der Waals surface area contributed by atoms with Crippen molar-refractivity contribution < 1.29 is 9.50 Å². The number of aliphatic hydroxyl groups excluding tert-OH is 1. The van der Waals surface area contributed by atoms with Crippen LogP contribution in [0.25, 0.3) is 0 Å². The molecule has 0 aliphatic carbocycles. The molecule has 0 aromatic heterocycles. The molecule has 0 radical (unpaired) electrons. The second kappa shape index (κ2) is 6.81. The molecule has 0 spiro atoms. The fourth-order valence-electron chi connectivity index (χ4n) is 1.79. The van der Waals surface area contributed by atoms with Crippen LogP contribution in [0.4, 0.5) is 4.39 Å². The van der Waals surface area contributed by atoms with Gasteiger partial charge in [0.05, 0.1) is 12.6 Å². The first kappa shape index (κ1) is 13.4. The predicted molar refractivity (Wildman–Crippen MR) is 75.0 cm³/mol. The summed E-state index contributed by atoms with van der Waals surface area (Å²) in [5.41, 5.74) is 1.96. The molecule has 98 valence electrons. The molecule has 0 unspecified atom stereocenters. The Bertz CT molecular complexity index is 522. The SMILES string of the molecule is OC[C@@H](Cc1ccccc1)N=Cc1ccc(F)cc1. The highest BCUT2D eigenvalue weighted by atomic mass is 19.1. The van der Waals surface area contributed by atoms with Crippen LogP contribution in [0.5, 0.6) is 0 Å². The number of hydrogen-bond acceptors (Lipinski definition) is 2. The highest BCUT2D eigenvalue weighted by molar-refractivity contribution is 5.79. The van der Waals surface area contributed by atoms with Crippen molar-refractivity contribution >= 4 is 6.21 Å². The van der Waals surface area contributed by atoms with Crippen molar-refractivity contribution in [2.24, 2.45) is 4.99 Å². The fraction of sp³-hybridized carbons (Fsp3) is 0.188. The smallest absolute Gasteiger partial charge is 0.123 e. The summed E-state index contributed by atoms with van der Waals surface area (Å²) in [5, 5.41) is 9.34. The second-order valence-electron chi connectivity index (χ2n) is 4.36. The van der Waals surface area contributed by atoms with Gasteiger partial charge in [0.2, 0.25) is 0 Å². The molecule has 19 heavy (non-hydrogen) atoms. The van der Waals surface area contributed by atoms with E-state index in [0.717, 1.165) is 11.1 Å².